The molecule has 0 N–H and O–H groups in total. The first kappa shape index (κ1) is 13.4. The molecule has 3 nitrogen and oxygen atoms in total. The largest absolute Gasteiger partial charge is 0.385 e. The Morgan fingerprint density at radius 3 is 2.62 bits per heavy atom. The summed E-state index contributed by atoms with van der Waals surface area (Å²) in [6.45, 7) is 3.07. The van der Waals surface area contributed by atoms with Crippen molar-refractivity contribution in [2.75, 3.05) is 31.2 Å². The van der Waals surface area contributed by atoms with Crippen molar-refractivity contribution in [3.05, 3.63) is 24.4 Å². The molecule has 0 aromatic carbocycles. The van der Waals surface area contributed by atoms with E-state index in [4.69, 9.17) is 4.74 Å². The second-order valence-electron chi connectivity index (χ2n) is 3.64. The summed E-state index contributed by atoms with van der Waals surface area (Å²) in [5.41, 5.74) is 0. The molecular formula is C12H21N2OP. The van der Waals surface area contributed by atoms with Gasteiger partial charge in [-0.25, -0.2) is 4.98 Å². The topological polar surface area (TPSA) is 25.4 Å². The molecule has 1 aromatic rings. The number of hydrogen-bond donors (Lipinski definition) is 0. The van der Waals surface area contributed by atoms with E-state index < -0.39 is 0 Å². The Balaban J connectivity index is 0.000000187. The maximum Gasteiger partial charge on any atom is 0.129 e. The van der Waals surface area contributed by atoms with Gasteiger partial charge in [0, 0.05) is 32.5 Å². The average molecular weight is 240 g/mol. The smallest absolute Gasteiger partial charge is 0.129 e. The molecule has 1 saturated heterocycles. The highest BCUT2D eigenvalue weighted by atomic mass is 31.1. The molecule has 0 spiro atoms. The zero-order chi connectivity index (χ0) is 11.6. The summed E-state index contributed by atoms with van der Waals surface area (Å²) in [4.78, 5) is 6.52. The van der Waals surface area contributed by atoms with Gasteiger partial charge in [0.1, 0.15) is 5.82 Å². The van der Waals surface area contributed by atoms with Crippen LogP contribution in [0.1, 0.15) is 19.8 Å². The predicted molar refractivity (Wildman–Crippen MR) is 71.5 cm³/mol. The third-order valence-corrected chi connectivity index (χ3v) is 3.49. The van der Waals surface area contributed by atoms with Crippen molar-refractivity contribution in [2.45, 2.75) is 19.8 Å². The Morgan fingerprint density at radius 1 is 1.44 bits per heavy atom. The van der Waals surface area contributed by atoms with Crippen LogP contribution in [0.4, 0.5) is 5.82 Å². The number of aromatic nitrogens is 1. The van der Waals surface area contributed by atoms with E-state index in [9.17, 15) is 0 Å². The van der Waals surface area contributed by atoms with Crippen molar-refractivity contribution < 1.29 is 4.74 Å². The molecule has 0 bridgehead atoms. The van der Waals surface area contributed by atoms with E-state index in [0.717, 1.165) is 21.0 Å². The summed E-state index contributed by atoms with van der Waals surface area (Å²) in [5, 5.41) is 0. The molecule has 0 unspecified atom stereocenters. The molecule has 1 aliphatic rings. The molecule has 2 rings (SSSR count). The monoisotopic (exact) mass is 240 g/mol. The SMILES string of the molecule is CCCCOC.c1ccc(N2CPC2)nc1. The third-order valence-electron chi connectivity index (χ3n) is 2.28. The first-order valence-corrected chi connectivity index (χ1v) is 7.15. The molecule has 1 aliphatic heterocycles. The number of rotatable bonds is 4. The van der Waals surface area contributed by atoms with E-state index in [1.54, 1.807) is 7.11 Å². The predicted octanol–water partition coefficient (Wildman–Crippen LogP) is 2.93. The van der Waals surface area contributed by atoms with Gasteiger partial charge < -0.3 is 9.64 Å². The summed E-state index contributed by atoms with van der Waals surface area (Å²) < 4.78 is 4.78. The van der Waals surface area contributed by atoms with E-state index in [0.29, 0.717) is 0 Å². The number of hydrogen-bond acceptors (Lipinski definition) is 3. The van der Waals surface area contributed by atoms with Crippen molar-refractivity contribution in [2.24, 2.45) is 0 Å². The van der Waals surface area contributed by atoms with Crippen LogP contribution < -0.4 is 4.90 Å². The summed E-state index contributed by atoms with van der Waals surface area (Å²) >= 11 is 0. The second-order valence-corrected chi connectivity index (χ2v) is 4.77. The molecule has 2 heterocycles. The van der Waals surface area contributed by atoms with Crippen LogP contribution in [0, 0.1) is 0 Å². The second kappa shape index (κ2) is 8.49. The van der Waals surface area contributed by atoms with Gasteiger partial charge in [-0.15, -0.1) is 0 Å². The lowest BCUT2D eigenvalue weighted by atomic mass is 10.4. The van der Waals surface area contributed by atoms with Crippen LogP contribution >= 0.6 is 8.58 Å². The lowest BCUT2D eigenvalue weighted by Crippen LogP contribution is -2.30. The van der Waals surface area contributed by atoms with Gasteiger partial charge in [0.15, 0.2) is 0 Å². The summed E-state index contributed by atoms with van der Waals surface area (Å²) in [6.07, 6.45) is 6.68. The lowest BCUT2D eigenvalue weighted by Gasteiger charge is -2.31. The first-order chi connectivity index (χ1) is 7.88. The van der Waals surface area contributed by atoms with Crippen LogP contribution in [0.15, 0.2) is 24.4 Å². The van der Waals surface area contributed by atoms with Gasteiger partial charge in [-0.2, -0.15) is 0 Å². The summed E-state index contributed by atoms with van der Waals surface area (Å²) in [6, 6.07) is 6.04. The molecule has 0 saturated carbocycles. The minimum Gasteiger partial charge on any atom is -0.385 e. The molecule has 0 atom stereocenters. The normalized spacial score (nSPS) is 13.8. The van der Waals surface area contributed by atoms with Crippen LogP contribution in [-0.2, 0) is 4.74 Å². The van der Waals surface area contributed by atoms with Crippen molar-refractivity contribution in [1.29, 1.82) is 0 Å². The van der Waals surface area contributed by atoms with E-state index in [2.05, 4.69) is 22.9 Å². The van der Waals surface area contributed by atoms with Crippen LogP contribution in [-0.4, -0.2) is 31.3 Å². The minimum absolute atomic E-state index is 0.913. The molecule has 0 radical (unpaired) electrons. The van der Waals surface area contributed by atoms with Gasteiger partial charge in [0.05, 0.1) is 0 Å². The van der Waals surface area contributed by atoms with Crippen LogP contribution in [0.2, 0.25) is 0 Å². The van der Waals surface area contributed by atoms with Gasteiger partial charge in [-0.05, 0) is 18.6 Å². The maximum absolute atomic E-state index is 4.78. The van der Waals surface area contributed by atoms with Crippen LogP contribution in [0.25, 0.3) is 0 Å². The molecular weight excluding hydrogens is 219 g/mol. The standard InChI is InChI=1S/C7H9N2P.C5H12O/c1-2-4-8-7(3-1)9-5-10-6-9;1-3-4-5-6-2/h1-4,10H,5-6H2;3-5H2,1-2H3. The van der Waals surface area contributed by atoms with Crippen molar-refractivity contribution in [3.8, 4) is 0 Å². The molecule has 16 heavy (non-hydrogen) atoms. The highest BCUT2D eigenvalue weighted by Crippen LogP contribution is 2.29. The van der Waals surface area contributed by atoms with Gasteiger partial charge in [0.2, 0.25) is 0 Å². The Bertz CT molecular complexity index is 261. The maximum atomic E-state index is 4.78. The number of unbranched alkanes of at least 4 members (excludes halogenated alkanes) is 1. The van der Waals surface area contributed by atoms with Crippen molar-refractivity contribution >= 4 is 14.4 Å². The van der Waals surface area contributed by atoms with Crippen LogP contribution in [0.3, 0.4) is 0 Å². The average Bonchev–Trinajstić information content (AvgIpc) is 2.26. The highest BCUT2D eigenvalue weighted by Gasteiger charge is 2.13. The minimum atomic E-state index is 0.913. The van der Waals surface area contributed by atoms with Crippen LogP contribution in [0.5, 0.6) is 0 Å². The fourth-order valence-corrected chi connectivity index (χ4v) is 1.99. The molecule has 90 valence electrons. The Labute approximate surface area is 100.0 Å². The molecule has 1 fully saturated rings. The molecule has 0 aliphatic carbocycles. The van der Waals surface area contributed by atoms with Gasteiger partial charge >= 0.3 is 0 Å². The summed E-state index contributed by atoms with van der Waals surface area (Å²) in [7, 11) is 2.84. The van der Waals surface area contributed by atoms with E-state index >= 15 is 0 Å². The van der Waals surface area contributed by atoms with Crippen molar-refractivity contribution in [1.82, 2.24) is 4.98 Å². The van der Waals surface area contributed by atoms with E-state index in [1.807, 2.05) is 18.3 Å². The zero-order valence-electron chi connectivity index (χ0n) is 10.1. The highest BCUT2D eigenvalue weighted by molar-refractivity contribution is 7.40. The quantitative estimate of drug-likeness (QED) is 0.597. The fourth-order valence-electron chi connectivity index (χ4n) is 1.22. The summed E-state index contributed by atoms with van der Waals surface area (Å²) in [5.74, 6) is 1.13. The molecule has 4 heteroatoms. The van der Waals surface area contributed by atoms with Gasteiger partial charge in [-0.3, -0.25) is 0 Å². The lowest BCUT2D eigenvalue weighted by molar-refractivity contribution is 0.194. The van der Waals surface area contributed by atoms with Gasteiger partial charge in [-0.1, -0.05) is 28.0 Å². The number of ether oxygens (including phenoxy) is 1. The Hall–Kier alpha value is -0.660. The van der Waals surface area contributed by atoms with E-state index in [-0.39, 0.29) is 0 Å². The zero-order valence-corrected chi connectivity index (χ0v) is 11.1. The fraction of sp³-hybridized carbons (Fsp3) is 0.583. The van der Waals surface area contributed by atoms with E-state index in [1.165, 1.54) is 25.4 Å². The number of pyridine rings is 1. The number of nitrogens with zero attached hydrogens (tertiary/aromatic N) is 2. The van der Waals surface area contributed by atoms with Gasteiger partial charge in [0.25, 0.3) is 0 Å². The number of anilines is 1. The molecule has 0 amide bonds. The number of methoxy groups -OCH3 is 1. The third kappa shape index (κ3) is 4.91. The first-order valence-electron chi connectivity index (χ1n) is 5.74. The van der Waals surface area contributed by atoms with Crippen molar-refractivity contribution in [3.63, 3.8) is 0 Å². The Morgan fingerprint density at radius 2 is 2.25 bits per heavy atom. The molecule has 1 aromatic heterocycles. The Kier molecular flexibility index (Phi) is 7.11.